The van der Waals surface area contributed by atoms with E-state index in [2.05, 4.69) is 31.7 Å². The smallest absolute Gasteiger partial charge is 0.362 e. The van der Waals surface area contributed by atoms with Gasteiger partial charge in [-0.05, 0) is 54.8 Å². The van der Waals surface area contributed by atoms with Gasteiger partial charge in [0.2, 0.25) is 0 Å². The van der Waals surface area contributed by atoms with E-state index in [0.717, 1.165) is 20.3 Å². The van der Waals surface area contributed by atoms with E-state index in [0.29, 0.717) is 11.3 Å². The van der Waals surface area contributed by atoms with Crippen LogP contribution in [0.5, 0.6) is 0 Å². The molecule has 2 N–H and O–H groups in total. The highest BCUT2D eigenvalue weighted by Gasteiger charge is 2.47. The second-order valence-corrected chi connectivity index (χ2v) is 9.04. The van der Waals surface area contributed by atoms with Crippen molar-refractivity contribution in [3.8, 4) is 0 Å². The first-order valence-electron chi connectivity index (χ1n) is 9.80. The zero-order valence-corrected chi connectivity index (χ0v) is 19.4. The van der Waals surface area contributed by atoms with Crippen molar-refractivity contribution in [2.24, 2.45) is 0 Å². The van der Waals surface area contributed by atoms with E-state index in [9.17, 15) is 18.0 Å². The summed E-state index contributed by atoms with van der Waals surface area (Å²) in [6.45, 7) is 3.83. The van der Waals surface area contributed by atoms with Gasteiger partial charge in [0.15, 0.2) is 11.7 Å². The number of fused-ring (bicyclic) bond motifs is 1. The maximum Gasteiger partial charge on any atom is 0.410 e. The second-order valence-electron chi connectivity index (χ2n) is 7.75. The molecule has 5 nitrogen and oxygen atoms in total. The Labute approximate surface area is 196 Å². The van der Waals surface area contributed by atoms with Crippen LogP contribution in [-0.4, -0.2) is 21.9 Å². The van der Waals surface area contributed by atoms with Crippen molar-refractivity contribution < 1.29 is 18.0 Å². The van der Waals surface area contributed by atoms with E-state index in [1.54, 1.807) is 36.4 Å². The van der Waals surface area contributed by atoms with Crippen LogP contribution in [0.1, 0.15) is 45.7 Å². The normalized spacial score (nSPS) is 18.1. The van der Waals surface area contributed by atoms with Crippen LogP contribution in [0, 0.1) is 13.8 Å². The van der Waals surface area contributed by atoms with Crippen molar-refractivity contribution in [2.75, 3.05) is 10.6 Å². The third kappa shape index (κ3) is 4.36. The minimum atomic E-state index is -4.57. The number of nitrogens with zero attached hydrogens (tertiary/aromatic N) is 2. The highest BCUT2D eigenvalue weighted by atomic mass is 79.9. The number of hydrogen-bond acceptors (Lipinski definition) is 3. The molecule has 0 spiro atoms. The fraction of sp³-hybridized carbons (Fsp3) is 0.273. The fourth-order valence-electron chi connectivity index (χ4n) is 3.66. The molecule has 4 rings (SSSR count). The van der Waals surface area contributed by atoms with Gasteiger partial charge >= 0.3 is 6.18 Å². The molecule has 10 heteroatoms. The Morgan fingerprint density at radius 2 is 1.88 bits per heavy atom. The summed E-state index contributed by atoms with van der Waals surface area (Å²) in [7, 11) is 0. The zero-order valence-electron chi connectivity index (χ0n) is 17.1. The number of carbonyl (C=O) groups is 1. The third-order valence-corrected chi connectivity index (χ3v) is 6.43. The van der Waals surface area contributed by atoms with Gasteiger partial charge < -0.3 is 10.6 Å². The number of hydrogen-bond donors (Lipinski definition) is 2. The number of nitrogens with one attached hydrogen (secondary N) is 2. The Morgan fingerprint density at radius 1 is 1.19 bits per heavy atom. The van der Waals surface area contributed by atoms with Gasteiger partial charge in [-0.15, -0.1) is 0 Å². The summed E-state index contributed by atoms with van der Waals surface area (Å²) in [6.07, 6.45) is -4.85. The molecule has 1 amide bonds. The maximum atomic E-state index is 13.9. The molecule has 1 aromatic heterocycles. The molecule has 0 saturated heterocycles. The van der Waals surface area contributed by atoms with Crippen molar-refractivity contribution >= 4 is 44.9 Å². The Kier molecular flexibility index (Phi) is 5.98. The summed E-state index contributed by atoms with van der Waals surface area (Å²) >= 11 is 9.70. The number of aromatic nitrogens is 2. The van der Waals surface area contributed by atoms with Crippen LogP contribution in [0.4, 0.5) is 24.7 Å². The van der Waals surface area contributed by atoms with E-state index >= 15 is 0 Å². The number of aryl methyl sites for hydroxylation is 2. The highest BCUT2D eigenvalue weighted by Crippen LogP contribution is 2.46. The minimum absolute atomic E-state index is 0.0293. The van der Waals surface area contributed by atoms with Crippen LogP contribution < -0.4 is 10.6 Å². The fourth-order valence-corrected chi connectivity index (χ4v) is 4.19. The lowest BCUT2D eigenvalue weighted by Gasteiger charge is -2.33. The van der Waals surface area contributed by atoms with Crippen molar-refractivity contribution in [2.45, 2.75) is 38.5 Å². The standard InChI is InChI=1S/C22H19BrClF3N4O/c1-11-3-8-15(9-12(11)2)28-21(32)19-18(24)20-29-16(13-4-6-14(23)7-5-13)10-17(22(25,26)27)31(20)30-19/h3-9,16-17,29H,10H2,1-2H3,(H,28,32)/t16-,17-/m0/s1. The first-order valence-corrected chi connectivity index (χ1v) is 11.0. The van der Waals surface area contributed by atoms with Crippen LogP contribution in [-0.2, 0) is 0 Å². The Balaban J connectivity index is 1.69. The van der Waals surface area contributed by atoms with E-state index in [1.807, 2.05) is 19.9 Å². The van der Waals surface area contributed by atoms with Crippen LogP contribution >= 0.6 is 27.5 Å². The van der Waals surface area contributed by atoms with Crippen molar-refractivity contribution in [1.82, 2.24) is 9.78 Å². The van der Waals surface area contributed by atoms with Gasteiger partial charge in [0.05, 0.1) is 6.04 Å². The van der Waals surface area contributed by atoms with E-state index in [4.69, 9.17) is 11.6 Å². The predicted molar refractivity (Wildman–Crippen MR) is 121 cm³/mol. The molecule has 1 aliphatic heterocycles. The number of rotatable bonds is 3. The summed E-state index contributed by atoms with van der Waals surface area (Å²) < 4.78 is 43.3. The Hall–Kier alpha value is -2.52. The molecular formula is C22H19BrClF3N4O. The van der Waals surface area contributed by atoms with Crippen LogP contribution in [0.15, 0.2) is 46.9 Å². The summed E-state index contributed by atoms with van der Waals surface area (Å²) in [5.74, 6) is -0.707. The van der Waals surface area contributed by atoms with Gasteiger partial charge in [0, 0.05) is 16.6 Å². The maximum absolute atomic E-state index is 13.9. The van der Waals surface area contributed by atoms with Gasteiger partial charge in [-0.2, -0.15) is 18.3 Å². The third-order valence-electron chi connectivity index (χ3n) is 5.55. The monoisotopic (exact) mass is 526 g/mol. The van der Waals surface area contributed by atoms with Gasteiger partial charge in [0.25, 0.3) is 5.91 Å². The quantitative estimate of drug-likeness (QED) is 0.393. The minimum Gasteiger partial charge on any atom is -0.362 e. The number of halogens is 5. The topological polar surface area (TPSA) is 59.0 Å². The SMILES string of the molecule is Cc1ccc(NC(=O)c2nn3c(c2Cl)N[C@H](c2ccc(Br)cc2)C[C@H]3C(F)(F)F)cc1C. The van der Waals surface area contributed by atoms with E-state index in [-0.39, 0.29) is 23.0 Å². The van der Waals surface area contributed by atoms with Gasteiger partial charge in [-0.25, -0.2) is 4.68 Å². The zero-order chi connectivity index (χ0) is 23.2. The first kappa shape index (κ1) is 22.7. The molecule has 0 saturated carbocycles. The molecule has 2 heterocycles. The van der Waals surface area contributed by atoms with Crippen LogP contribution in [0.3, 0.4) is 0 Å². The number of carbonyl (C=O) groups excluding carboxylic acids is 1. The molecule has 168 valence electrons. The van der Waals surface area contributed by atoms with Crippen LogP contribution in [0.2, 0.25) is 5.02 Å². The van der Waals surface area contributed by atoms with Crippen molar-refractivity contribution in [3.63, 3.8) is 0 Å². The molecule has 32 heavy (non-hydrogen) atoms. The molecular weight excluding hydrogens is 509 g/mol. The van der Waals surface area contributed by atoms with Crippen molar-refractivity contribution in [1.29, 1.82) is 0 Å². The highest BCUT2D eigenvalue weighted by molar-refractivity contribution is 9.10. The lowest BCUT2D eigenvalue weighted by atomic mass is 9.97. The molecule has 2 aromatic carbocycles. The van der Waals surface area contributed by atoms with Gasteiger partial charge in [-0.3, -0.25) is 4.79 Å². The first-order chi connectivity index (χ1) is 15.0. The number of benzene rings is 2. The Bertz CT molecular complexity index is 1180. The number of alkyl halides is 3. The molecule has 0 radical (unpaired) electrons. The summed E-state index contributed by atoms with van der Waals surface area (Å²) in [4.78, 5) is 12.8. The summed E-state index contributed by atoms with van der Waals surface area (Å²) in [5.41, 5.74) is 2.93. The lowest BCUT2D eigenvalue weighted by molar-refractivity contribution is -0.173. The van der Waals surface area contributed by atoms with Crippen molar-refractivity contribution in [3.05, 3.63) is 74.3 Å². The molecule has 0 bridgehead atoms. The molecule has 3 aromatic rings. The molecule has 0 fully saturated rings. The predicted octanol–water partition coefficient (Wildman–Crippen LogP) is 6.83. The van der Waals surface area contributed by atoms with Gasteiger partial charge in [0.1, 0.15) is 10.8 Å². The van der Waals surface area contributed by atoms with Gasteiger partial charge in [-0.1, -0.05) is 45.7 Å². The molecule has 0 aliphatic carbocycles. The average molecular weight is 528 g/mol. The van der Waals surface area contributed by atoms with E-state index < -0.39 is 24.2 Å². The molecule has 1 aliphatic rings. The molecule has 0 unspecified atom stereocenters. The van der Waals surface area contributed by atoms with E-state index in [1.165, 1.54) is 0 Å². The summed E-state index contributed by atoms with van der Waals surface area (Å²) in [6, 6.07) is 9.76. The lowest BCUT2D eigenvalue weighted by Crippen LogP contribution is -2.35. The summed E-state index contributed by atoms with van der Waals surface area (Å²) in [5, 5.41) is 9.51. The average Bonchev–Trinajstić information content (AvgIpc) is 3.06. The Morgan fingerprint density at radius 3 is 2.50 bits per heavy atom. The number of anilines is 2. The second kappa shape index (κ2) is 8.44. The van der Waals surface area contributed by atoms with Crippen LogP contribution in [0.25, 0.3) is 0 Å². The largest absolute Gasteiger partial charge is 0.410 e. The molecule has 2 atom stereocenters. The number of amides is 1.